The predicted molar refractivity (Wildman–Crippen MR) is 125 cm³/mol. The molecule has 164 valence electrons. The molecule has 0 spiro atoms. The van der Waals surface area contributed by atoms with Gasteiger partial charge in [-0.1, -0.05) is 67.6 Å². The molecule has 2 heterocycles. The van der Waals surface area contributed by atoms with Gasteiger partial charge in [-0.25, -0.2) is 0 Å². The van der Waals surface area contributed by atoms with E-state index >= 15 is 0 Å². The fraction of sp³-hybridized carbons (Fsp3) is 0.280. The van der Waals surface area contributed by atoms with Crippen LogP contribution in [0.2, 0.25) is 0 Å². The lowest BCUT2D eigenvalue weighted by Crippen LogP contribution is -2.36. The number of carbonyl (C=O) groups is 1. The Labute approximate surface area is 186 Å². The van der Waals surface area contributed by atoms with Crippen molar-refractivity contribution in [2.24, 2.45) is 0 Å². The Morgan fingerprint density at radius 3 is 2.38 bits per heavy atom. The highest BCUT2D eigenvalue weighted by atomic mass is 16.2. The van der Waals surface area contributed by atoms with Gasteiger partial charge < -0.3 is 9.88 Å². The summed E-state index contributed by atoms with van der Waals surface area (Å²) in [4.78, 5) is 30.7. The van der Waals surface area contributed by atoms with Crippen molar-refractivity contribution < 1.29 is 4.79 Å². The van der Waals surface area contributed by atoms with Crippen LogP contribution in [0.4, 0.5) is 0 Å². The molecule has 0 bridgehead atoms. The molecular formula is C25H27N5O2. The Balaban J connectivity index is 1.86. The van der Waals surface area contributed by atoms with Gasteiger partial charge in [0.25, 0.3) is 5.56 Å². The normalized spacial score (nSPS) is 12.1. The van der Waals surface area contributed by atoms with Crippen LogP contribution in [0, 0.1) is 6.92 Å². The topological polar surface area (TPSA) is 81.3 Å². The summed E-state index contributed by atoms with van der Waals surface area (Å²) in [6.07, 6.45) is 0.825. The Kier molecular flexibility index (Phi) is 6.16. The molecule has 0 saturated heterocycles. The number of fused-ring (bicyclic) bond motifs is 1. The number of amides is 1. The van der Waals surface area contributed by atoms with Crippen molar-refractivity contribution in [2.75, 3.05) is 0 Å². The summed E-state index contributed by atoms with van der Waals surface area (Å²) in [5.41, 5.74) is 2.74. The standard InChI is InChI=1S/C25H27N5O2/c1-4-17(2)26-22(31)15-21-18(3)29(16-19-11-7-5-8-12-19)25-27-23(28-30(25)24(21)32)20-13-9-6-10-14-20/h5-14,17H,4,15-16H2,1-3H3,(H,26,31)/t17-/m1/s1. The zero-order valence-electron chi connectivity index (χ0n) is 18.6. The Hall–Kier alpha value is -3.74. The van der Waals surface area contributed by atoms with Crippen LogP contribution in [0.3, 0.4) is 0 Å². The highest BCUT2D eigenvalue weighted by molar-refractivity contribution is 5.79. The predicted octanol–water partition coefficient (Wildman–Crippen LogP) is 3.37. The molecule has 0 aliphatic rings. The first kappa shape index (κ1) is 21.5. The van der Waals surface area contributed by atoms with E-state index in [1.165, 1.54) is 4.52 Å². The van der Waals surface area contributed by atoms with Gasteiger partial charge in [0.2, 0.25) is 11.7 Å². The van der Waals surface area contributed by atoms with Gasteiger partial charge in [0.1, 0.15) is 0 Å². The van der Waals surface area contributed by atoms with Crippen LogP contribution in [0.25, 0.3) is 17.2 Å². The van der Waals surface area contributed by atoms with E-state index in [1.807, 2.05) is 86.0 Å². The molecule has 1 N–H and O–H groups in total. The van der Waals surface area contributed by atoms with Crippen molar-refractivity contribution in [3.05, 3.63) is 87.8 Å². The number of nitrogens with zero attached hydrogens (tertiary/aromatic N) is 4. The first-order valence-corrected chi connectivity index (χ1v) is 10.9. The van der Waals surface area contributed by atoms with Crippen molar-refractivity contribution in [1.82, 2.24) is 24.5 Å². The molecule has 0 unspecified atom stereocenters. The molecule has 0 aliphatic carbocycles. The molecule has 4 rings (SSSR count). The van der Waals surface area contributed by atoms with E-state index in [1.54, 1.807) is 0 Å². The molecule has 0 aliphatic heterocycles. The molecule has 0 fully saturated rings. The van der Waals surface area contributed by atoms with E-state index < -0.39 is 0 Å². The Morgan fingerprint density at radius 2 is 1.72 bits per heavy atom. The lowest BCUT2D eigenvalue weighted by atomic mass is 10.1. The first-order chi connectivity index (χ1) is 15.5. The number of hydrogen-bond acceptors (Lipinski definition) is 4. The Morgan fingerprint density at radius 1 is 1.06 bits per heavy atom. The Bertz CT molecular complexity index is 1290. The van der Waals surface area contributed by atoms with Crippen molar-refractivity contribution in [1.29, 1.82) is 0 Å². The summed E-state index contributed by atoms with van der Waals surface area (Å²) in [6.45, 7) is 6.34. The zero-order chi connectivity index (χ0) is 22.7. The largest absolute Gasteiger partial charge is 0.353 e. The van der Waals surface area contributed by atoms with Gasteiger partial charge in [0.15, 0.2) is 5.82 Å². The van der Waals surface area contributed by atoms with Crippen molar-refractivity contribution in [2.45, 2.75) is 46.2 Å². The average molecular weight is 430 g/mol. The van der Waals surface area contributed by atoms with Crippen LogP contribution in [-0.4, -0.2) is 31.1 Å². The maximum atomic E-state index is 13.4. The van der Waals surface area contributed by atoms with Crippen LogP contribution in [-0.2, 0) is 17.8 Å². The fourth-order valence-electron chi connectivity index (χ4n) is 3.67. The number of nitrogens with one attached hydrogen (secondary N) is 1. The van der Waals surface area contributed by atoms with E-state index in [4.69, 9.17) is 4.98 Å². The highest BCUT2D eigenvalue weighted by Gasteiger charge is 2.21. The van der Waals surface area contributed by atoms with Gasteiger partial charge in [-0.3, -0.25) is 9.59 Å². The SMILES string of the molecule is CC[C@@H](C)NC(=O)Cc1c(C)n(Cc2ccccc2)c2nc(-c3ccccc3)nn2c1=O. The molecule has 7 heteroatoms. The molecule has 1 atom stereocenters. The van der Waals surface area contributed by atoms with Gasteiger partial charge >= 0.3 is 0 Å². The fourth-order valence-corrected chi connectivity index (χ4v) is 3.67. The smallest absolute Gasteiger partial charge is 0.279 e. The first-order valence-electron chi connectivity index (χ1n) is 10.9. The molecule has 2 aromatic heterocycles. The number of benzene rings is 2. The average Bonchev–Trinajstić information content (AvgIpc) is 3.26. The van der Waals surface area contributed by atoms with Crippen molar-refractivity contribution >= 4 is 11.7 Å². The minimum atomic E-state index is -0.309. The van der Waals surface area contributed by atoms with E-state index in [2.05, 4.69) is 10.4 Å². The van der Waals surface area contributed by atoms with E-state index in [0.29, 0.717) is 23.7 Å². The zero-order valence-corrected chi connectivity index (χ0v) is 18.6. The second-order valence-corrected chi connectivity index (χ2v) is 8.01. The van der Waals surface area contributed by atoms with Crippen LogP contribution < -0.4 is 10.9 Å². The maximum Gasteiger partial charge on any atom is 0.279 e. The molecule has 32 heavy (non-hydrogen) atoms. The molecule has 0 radical (unpaired) electrons. The summed E-state index contributed by atoms with van der Waals surface area (Å²) in [7, 11) is 0. The van der Waals surface area contributed by atoms with Gasteiger partial charge in [-0.2, -0.15) is 9.50 Å². The van der Waals surface area contributed by atoms with Gasteiger partial charge in [0, 0.05) is 22.9 Å². The minimum absolute atomic E-state index is 0.000265. The van der Waals surface area contributed by atoms with E-state index in [0.717, 1.165) is 23.2 Å². The third kappa shape index (κ3) is 4.32. The molecule has 1 amide bonds. The van der Waals surface area contributed by atoms with Crippen LogP contribution in [0.5, 0.6) is 0 Å². The molecule has 0 saturated carbocycles. The van der Waals surface area contributed by atoms with Crippen LogP contribution >= 0.6 is 0 Å². The molecular weight excluding hydrogens is 402 g/mol. The maximum absolute atomic E-state index is 13.4. The summed E-state index contributed by atoms with van der Waals surface area (Å²) >= 11 is 0. The summed E-state index contributed by atoms with van der Waals surface area (Å²) < 4.78 is 3.28. The molecule has 7 nitrogen and oxygen atoms in total. The minimum Gasteiger partial charge on any atom is -0.353 e. The third-order valence-electron chi connectivity index (χ3n) is 5.70. The summed E-state index contributed by atoms with van der Waals surface area (Å²) in [5, 5.41) is 7.46. The lowest BCUT2D eigenvalue weighted by molar-refractivity contribution is -0.121. The quantitative estimate of drug-likeness (QED) is 0.488. The van der Waals surface area contributed by atoms with Gasteiger partial charge in [0.05, 0.1) is 13.0 Å². The second-order valence-electron chi connectivity index (χ2n) is 8.01. The number of rotatable bonds is 7. The van der Waals surface area contributed by atoms with E-state index in [-0.39, 0.29) is 23.9 Å². The van der Waals surface area contributed by atoms with E-state index in [9.17, 15) is 9.59 Å². The number of carbonyl (C=O) groups excluding carboxylic acids is 1. The van der Waals surface area contributed by atoms with Crippen molar-refractivity contribution in [3.63, 3.8) is 0 Å². The van der Waals surface area contributed by atoms with Crippen molar-refractivity contribution in [3.8, 4) is 11.4 Å². The van der Waals surface area contributed by atoms with Crippen LogP contribution in [0.1, 0.15) is 37.1 Å². The van der Waals surface area contributed by atoms with Crippen LogP contribution in [0.15, 0.2) is 65.5 Å². The third-order valence-corrected chi connectivity index (χ3v) is 5.70. The lowest BCUT2D eigenvalue weighted by Gasteiger charge is -2.16. The molecule has 2 aromatic carbocycles. The van der Waals surface area contributed by atoms with Gasteiger partial charge in [-0.05, 0) is 25.8 Å². The summed E-state index contributed by atoms with van der Waals surface area (Å²) in [5.74, 6) is 0.764. The monoisotopic (exact) mass is 429 g/mol. The second kappa shape index (κ2) is 9.18. The van der Waals surface area contributed by atoms with Gasteiger partial charge in [-0.15, -0.1) is 5.10 Å². The number of aromatic nitrogens is 4. The summed E-state index contributed by atoms with van der Waals surface area (Å²) in [6, 6.07) is 19.6. The highest BCUT2D eigenvalue weighted by Crippen LogP contribution is 2.18. The number of hydrogen-bond donors (Lipinski definition) is 1. The molecule has 4 aromatic rings.